The third kappa shape index (κ3) is 17.9. The van der Waals surface area contributed by atoms with Crippen LogP contribution in [0.2, 0.25) is 0 Å². The second-order valence-corrected chi connectivity index (χ2v) is 5.19. The number of hydrogen-bond acceptors (Lipinski definition) is 3. The molecule has 1 aromatic rings. The number of ether oxygens (including phenoxy) is 1. The molecule has 1 rings (SSSR count). The summed E-state index contributed by atoms with van der Waals surface area (Å²) in [6.45, 7) is 18.8. The van der Waals surface area contributed by atoms with Gasteiger partial charge in [-0.1, -0.05) is 68.7 Å². The number of unbranched alkanes of at least 4 members (excludes halogenated alkanes) is 2. The summed E-state index contributed by atoms with van der Waals surface area (Å²) in [4.78, 5) is 10.1. The Kier molecular flexibility index (Phi) is 31.2. The van der Waals surface area contributed by atoms with E-state index in [0.717, 1.165) is 24.8 Å². The summed E-state index contributed by atoms with van der Waals surface area (Å²) in [6.07, 6.45) is 11.7. The average molecular weight is 440 g/mol. The minimum absolute atomic E-state index is 0. The fraction of sp³-hybridized carbons (Fsp3) is 0.318. The number of allylic oxidation sites excluding steroid dienone is 1. The molecule has 0 aromatic heterocycles. The first-order valence-electron chi connectivity index (χ1n) is 8.24. The molecule has 2 atom stereocenters. The predicted molar refractivity (Wildman–Crippen MR) is 99.9 cm³/mol. The molecular weight excluding hydrogens is 416 g/mol. The molecule has 0 aliphatic heterocycles. The van der Waals surface area contributed by atoms with Gasteiger partial charge in [0.05, 0.1) is 6.10 Å². The van der Waals surface area contributed by atoms with Crippen LogP contribution in [0, 0.1) is 39.2 Å². The zero-order valence-corrected chi connectivity index (χ0v) is 17.4. The van der Waals surface area contributed by atoms with Gasteiger partial charge in [0.1, 0.15) is 5.60 Å². The van der Waals surface area contributed by atoms with Gasteiger partial charge in [-0.15, -0.1) is 0 Å². The van der Waals surface area contributed by atoms with Crippen molar-refractivity contribution in [2.75, 3.05) is 0 Å². The average Bonchev–Trinajstić information content (AvgIpc) is 2.76. The van der Waals surface area contributed by atoms with Gasteiger partial charge < -0.3 is 14.6 Å². The summed E-state index contributed by atoms with van der Waals surface area (Å²) >= 11 is 0. The van der Waals surface area contributed by atoms with Gasteiger partial charge >= 0.3 is 33.9 Å². The van der Waals surface area contributed by atoms with Crippen LogP contribution < -0.4 is 0 Å². The van der Waals surface area contributed by atoms with Crippen LogP contribution in [0.4, 0.5) is 0 Å². The fourth-order valence-electron chi connectivity index (χ4n) is 2.01. The van der Waals surface area contributed by atoms with Crippen LogP contribution >= 0.6 is 0 Å². The van der Waals surface area contributed by atoms with Crippen molar-refractivity contribution in [3.8, 4) is 0 Å². The first kappa shape index (κ1) is 34.6. The third-order valence-corrected chi connectivity index (χ3v) is 3.30. The van der Waals surface area contributed by atoms with Gasteiger partial charge in [0.15, 0.2) is 0 Å². The first-order valence-corrected chi connectivity index (χ1v) is 8.24. The number of carbonyl (C=O) groups excluding carboxylic acids is 1. The van der Waals surface area contributed by atoms with E-state index in [1.807, 2.05) is 36.4 Å². The SMILES string of the molecule is CCCC/C=C/[C@@](O)([CH][CH][CH][C@H](C)O[C-]=O)c1ccccc1.[C-]#[O+].[C-]#[O+].[C-]#[O+].[Fe]. The van der Waals surface area contributed by atoms with E-state index >= 15 is 0 Å². The summed E-state index contributed by atoms with van der Waals surface area (Å²) in [6, 6.07) is 9.47. The van der Waals surface area contributed by atoms with Gasteiger partial charge in [-0.25, -0.2) is 0 Å². The molecule has 0 bridgehead atoms. The number of rotatable bonds is 11. The molecule has 1 aromatic carbocycles. The zero-order valence-electron chi connectivity index (χ0n) is 16.3. The molecule has 0 fully saturated rings. The molecule has 1 N–H and O–H groups in total. The van der Waals surface area contributed by atoms with E-state index in [1.165, 1.54) is 6.47 Å². The molecule has 3 radical (unpaired) electrons. The Bertz CT molecular complexity index is 553. The van der Waals surface area contributed by atoms with Crippen LogP contribution in [0.3, 0.4) is 0 Å². The topological polar surface area (TPSA) is 106 Å². The first-order chi connectivity index (χ1) is 13.6. The molecule has 0 saturated carbocycles. The van der Waals surface area contributed by atoms with Crippen molar-refractivity contribution < 1.29 is 45.7 Å². The van der Waals surface area contributed by atoms with Crippen LogP contribution in [0.5, 0.6) is 0 Å². The summed E-state index contributed by atoms with van der Waals surface area (Å²) in [5.41, 5.74) is -0.376. The maximum atomic E-state index is 10.9. The molecule has 0 aliphatic carbocycles. The number of aliphatic hydroxyl groups is 1. The van der Waals surface area contributed by atoms with Crippen molar-refractivity contribution in [3.63, 3.8) is 0 Å². The van der Waals surface area contributed by atoms with Crippen LogP contribution in [0.1, 0.15) is 38.7 Å². The van der Waals surface area contributed by atoms with Crippen molar-refractivity contribution in [2.45, 2.75) is 44.8 Å². The Hall–Kier alpha value is -1.87. The van der Waals surface area contributed by atoms with E-state index < -0.39 is 5.60 Å². The molecule has 157 valence electrons. The molecule has 0 aliphatic rings. The van der Waals surface area contributed by atoms with Crippen molar-refractivity contribution >= 4 is 6.47 Å². The molecular formula is C22H24FeO6-. The Balaban J connectivity index is -0.000000407. The Labute approximate surface area is 184 Å². The summed E-state index contributed by atoms with van der Waals surface area (Å²) in [5.74, 6) is 0. The summed E-state index contributed by atoms with van der Waals surface area (Å²) in [7, 11) is 0. The molecule has 0 unspecified atom stereocenters. The second-order valence-electron chi connectivity index (χ2n) is 5.19. The van der Waals surface area contributed by atoms with Crippen LogP contribution in [-0.2, 0) is 46.2 Å². The minimum atomic E-state index is -1.17. The quantitative estimate of drug-likeness (QED) is 0.187. The van der Waals surface area contributed by atoms with E-state index in [2.05, 4.69) is 31.6 Å². The molecule has 6 nitrogen and oxygen atoms in total. The maximum absolute atomic E-state index is 10.9. The maximum Gasteiger partial charge on any atom is 0 e. The number of benzene rings is 1. The Morgan fingerprint density at radius 2 is 1.72 bits per heavy atom. The van der Waals surface area contributed by atoms with E-state index in [-0.39, 0.29) is 23.2 Å². The van der Waals surface area contributed by atoms with Gasteiger partial charge in [-0.3, -0.25) is 0 Å². The smallest absolute Gasteiger partial charge is 0 e. The Morgan fingerprint density at radius 3 is 2.21 bits per heavy atom. The van der Waals surface area contributed by atoms with Gasteiger partial charge in [0, 0.05) is 29.9 Å². The normalized spacial score (nSPS) is 11.9. The number of hydrogen-bond donors (Lipinski definition) is 1. The zero-order chi connectivity index (χ0) is 22.3. The molecule has 0 heterocycles. The van der Waals surface area contributed by atoms with E-state index in [1.54, 1.807) is 32.3 Å². The Morgan fingerprint density at radius 1 is 1.17 bits per heavy atom. The molecule has 0 spiro atoms. The molecule has 0 amide bonds. The van der Waals surface area contributed by atoms with Crippen LogP contribution in [0.25, 0.3) is 0 Å². The largest absolute Gasteiger partial charge is 0 e. The fourth-order valence-corrected chi connectivity index (χ4v) is 2.01. The van der Waals surface area contributed by atoms with Crippen molar-refractivity contribution in [1.82, 2.24) is 0 Å². The predicted octanol–water partition coefficient (Wildman–Crippen LogP) is 3.59. The summed E-state index contributed by atoms with van der Waals surface area (Å²) in [5, 5.41) is 10.9. The molecule has 29 heavy (non-hydrogen) atoms. The molecule has 0 saturated heterocycles. The van der Waals surface area contributed by atoms with Crippen LogP contribution in [-0.4, -0.2) is 17.7 Å². The minimum Gasteiger partial charge on any atom is 0 e. The van der Waals surface area contributed by atoms with Crippen molar-refractivity contribution in [2.24, 2.45) is 0 Å². The standard InChI is InChI=1S/C19H24O3.3CO.Fe/c1-3-4-5-9-14-19(21,18-12-7-6-8-13-18)15-10-11-17(2)22-16-20;3*1-2;/h6-15,17,21H,3-5H2,1-2H3;;;;/q-1;;;;/b14-9+;;;;/t17-,19+;;;;/m0..../s1. The van der Waals surface area contributed by atoms with Gasteiger partial charge in [0.2, 0.25) is 0 Å². The van der Waals surface area contributed by atoms with Crippen molar-refractivity contribution in [3.05, 3.63) is 87.3 Å². The van der Waals surface area contributed by atoms with Crippen LogP contribution in [0.15, 0.2) is 42.5 Å². The van der Waals surface area contributed by atoms with E-state index in [4.69, 9.17) is 14.0 Å². The second kappa shape index (κ2) is 26.1. The van der Waals surface area contributed by atoms with Crippen molar-refractivity contribution in [1.29, 1.82) is 0 Å². The van der Waals surface area contributed by atoms with Gasteiger partial charge in [0.25, 0.3) is 0 Å². The van der Waals surface area contributed by atoms with Gasteiger partial charge in [-0.2, -0.15) is 0 Å². The summed E-state index contributed by atoms with van der Waals surface area (Å²) < 4.78 is 27.2. The van der Waals surface area contributed by atoms with E-state index in [9.17, 15) is 9.90 Å². The van der Waals surface area contributed by atoms with Gasteiger partial charge in [-0.05, 0) is 25.3 Å². The third-order valence-electron chi connectivity index (χ3n) is 3.30. The molecule has 7 heteroatoms. The monoisotopic (exact) mass is 440 g/mol. The van der Waals surface area contributed by atoms with E-state index in [0.29, 0.717) is 0 Å².